The Bertz CT molecular complexity index is 858. The zero-order valence-electron chi connectivity index (χ0n) is 18.7. The van der Waals surface area contributed by atoms with Crippen LogP contribution >= 0.6 is 24.0 Å². The van der Waals surface area contributed by atoms with E-state index in [2.05, 4.69) is 20.9 Å². The van der Waals surface area contributed by atoms with Crippen LogP contribution in [0.1, 0.15) is 37.8 Å². The molecule has 0 aliphatic carbocycles. The van der Waals surface area contributed by atoms with Gasteiger partial charge in [-0.3, -0.25) is 4.79 Å². The monoisotopic (exact) mass is 540 g/mol. The van der Waals surface area contributed by atoms with Gasteiger partial charge in [-0.2, -0.15) is 0 Å². The number of nitrogens with one attached hydrogen (secondary N) is 3. The van der Waals surface area contributed by atoms with E-state index in [9.17, 15) is 4.79 Å². The van der Waals surface area contributed by atoms with Crippen molar-refractivity contribution in [3.8, 4) is 11.5 Å². The summed E-state index contributed by atoms with van der Waals surface area (Å²) in [6.45, 7) is 5.86. The maximum absolute atomic E-state index is 11.8. The number of halogens is 1. The second kappa shape index (κ2) is 14.5. The van der Waals surface area contributed by atoms with Crippen molar-refractivity contribution in [2.75, 3.05) is 26.1 Å². The molecule has 1 amide bonds. The Morgan fingerprint density at radius 2 is 1.74 bits per heavy atom. The highest BCUT2D eigenvalue weighted by Crippen LogP contribution is 2.27. The average Bonchev–Trinajstić information content (AvgIpc) is 2.75. The van der Waals surface area contributed by atoms with Crippen molar-refractivity contribution in [3.05, 3.63) is 53.6 Å². The Morgan fingerprint density at radius 1 is 0.968 bits per heavy atom. The number of carbonyl (C=O) groups excluding carboxylic acids is 1. The minimum Gasteiger partial charge on any atom is -0.493 e. The van der Waals surface area contributed by atoms with E-state index in [-0.39, 0.29) is 29.9 Å². The fourth-order valence-corrected chi connectivity index (χ4v) is 2.89. The van der Waals surface area contributed by atoms with Gasteiger partial charge in [0, 0.05) is 25.2 Å². The van der Waals surface area contributed by atoms with Gasteiger partial charge in [-0.1, -0.05) is 25.1 Å². The van der Waals surface area contributed by atoms with Crippen molar-refractivity contribution >= 4 is 41.5 Å². The molecule has 0 atom stereocenters. The summed E-state index contributed by atoms with van der Waals surface area (Å²) >= 11 is 0. The van der Waals surface area contributed by atoms with Gasteiger partial charge >= 0.3 is 0 Å². The largest absolute Gasteiger partial charge is 0.493 e. The van der Waals surface area contributed by atoms with Crippen LogP contribution in [0, 0.1) is 0 Å². The molecule has 2 aromatic carbocycles. The molecule has 0 unspecified atom stereocenters. The lowest BCUT2D eigenvalue weighted by Gasteiger charge is -2.13. The Hall–Kier alpha value is -2.49. The van der Waals surface area contributed by atoms with Crippen molar-refractivity contribution < 1.29 is 14.3 Å². The number of hydrogen-bond donors (Lipinski definition) is 3. The highest BCUT2D eigenvalue weighted by atomic mass is 127. The summed E-state index contributed by atoms with van der Waals surface area (Å²) in [5, 5.41) is 9.51. The van der Waals surface area contributed by atoms with Crippen LogP contribution in [0.3, 0.4) is 0 Å². The fourth-order valence-electron chi connectivity index (χ4n) is 2.89. The Balaban J connectivity index is 0.00000480. The molecule has 0 aliphatic rings. The zero-order valence-corrected chi connectivity index (χ0v) is 21.0. The van der Waals surface area contributed by atoms with Gasteiger partial charge in [-0.15, -0.1) is 24.0 Å². The van der Waals surface area contributed by atoms with Gasteiger partial charge in [0.1, 0.15) is 0 Å². The van der Waals surface area contributed by atoms with Crippen molar-refractivity contribution in [2.45, 2.75) is 39.8 Å². The molecule has 0 saturated carbocycles. The number of anilines is 1. The van der Waals surface area contributed by atoms with E-state index >= 15 is 0 Å². The summed E-state index contributed by atoms with van der Waals surface area (Å²) in [5.41, 5.74) is 2.87. The predicted octanol–water partition coefficient (Wildman–Crippen LogP) is 4.32. The molecule has 0 spiro atoms. The summed E-state index contributed by atoms with van der Waals surface area (Å²) in [7, 11) is 3.25. The van der Waals surface area contributed by atoms with Gasteiger partial charge in [-0.25, -0.2) is 4.99 Å². The number of carbonyl (C=O) groups is 1. The molecule has 3 N–H and O–H groups in total. The molecular formula is C23H33IN4O3. The summed E-state index contributed by atoms with van der Waals surface area (Å²) in [4.78, 5) is 16.5. The number of hydrogen-bond acceptors (Lipinski definition) is 4. The Kier molecular flexibility index (Phi) is 12.4. The number of ether oxygens (including phenoxy) is 2. The summed E-state index contributed by atoms with van der Waals surface area (Å²) in [5.74, 6) is 2.14. The predicted molar refractivity (Wildman–Crippen MR) is 137 cm³/mol. The topological polar surface area (TPSA) is 84.0 Å². The van der Waals surface area contributed by atoms with Crippen LogP contribution in [0.15, 0.2) is 47.5 Å². The van der Waals surface area contributed by atoms with Crippen LogP contribution in [-0.4, -0.2) is 32.6 Å². The van der Waals surface area contributed by atoms with Crippen LogP contribution in [0.25, 0.3) is 0 Å². The normalized spacial score (nSPS) is 10.6. The standard InChI is InChI=1S/C23H32N4O3.HI/c1-5-8-22(28)27-19-10-7-9-17(13-19)15-25-23(24-6-2)26-16-18-11-12-20(29-3)21(14-18)30-4;/h7,9-14H,5-6,8,15-16H2,1-4H3,(H,27,28)(H2,24,25,26);1H. The SMILES string of the molecule is CCCC(=O)Nc1cccc(CN=C(NCC)NCc2ccc(OC)c(OC)c2)c1.I. The van der Waals surface area contributed by atoms with Crippen LogP contribution < -0.4 is 25.4 Å². The maximum Gasteiger partial charge on any atom is 0.224 e. The third-order valence-electron chi connectivity index (χ3n) is 4.36. The first kappa shape index (κ1) is 26.5. The van der Waals surface area contributed by atoms with E-state index < -0.39 is 0 Å². The van der Waals surface area contributed by atoms with Gasteiger partial charge < -0.3 is 25.4 Å². The van der Waals surface area contributed by atoms with Gasteiger partial charge in [0.15, 0.2) is 17.5 Å². The first-order valence-corrected chi connectivity index (χ1v) is 10.2. The smallest absolute Gasteiger partial charge is 0.224 e. The van der Waals surface area contributed by atoms with Crippen LogP contribution in [0.4, 0.5) is 5.69 Å². The second-order valence-electron chi connectivity index (χ2n) is 6.74. The van der Waals surface area contributed by atoms with Gasteiger partial charge in [0.2, 0.25) is 5.91 Å². The van der Waals surface area contributed by atoms with E-state index in [1.807, 2.05) is 56.3 Å². The van der Waals surface area contributed by atoms with Gasteiger partial charge in [0.25, 0.3) is 0 Å². The van der Waals surface area contributed by atoms with Gasteiger partial charge in [0.05, 0.1) is 20.8 Å². The van der Waals surface area contributed by atoms with Crippen LogP contribution in [0.5, 0.6) is 11.5 Å². The number of guanidine groups is 1. The van der Waals surface area contributed by atoms with Crippen molar-refractivity contribution in [3.63, 3.8) is 0 Å². The van der Waals surface area contributed by atoms with Crippen molar-refractivity contribution in [2.24, 2.45) is 4.99 Å². The molecule has 7 nitrogen and oxygen atoms in total. The minimum absolute atomic E-state index is 0. The molecule has 0 fully saturated rings. The molecule has 8 heteroatoms. The van der Waals surface area contributed by atoms with E-state index in [4.69, 9.17) is 9.47 Å². The van der Waals surface area contributed by atoms with E-state index in [0.717, 1.165) is 29.8 Å². The zero-order chi connectivity index (χ0) is 21.8. The van der Waals surface area contributed by atoms with Crippen molar-refractivity contribution in [1.82, 2.24) is 10.6 Å². The molecule has 0 aliphatic heterocycles. The molecule has 0 bridgehead atoms. The van der Waals surface area contributed by atoms with Gasteiger partial charge in [-0.05, 0) is 48.7 Å². The molecule has 2 aromatic rings. The highest BCUT2D eigenvalue weighted by molar-refractivity contribution is 14.0. The lowest BCUT2D eigenvalue weighted by molar-refractivity contribution is -0.116. The first-order chi connectivity index (χ1) is 14.6. The fraction of sp³-hybridized carbons (Fsp3) is 0.391. The lowest BCUT2D eigenvalue weighted by atomic mass is 10.2. The molecule has 0 saturated heterocycles. The molecular weight excluding hydrogens is 507 g/mol. The van der Waals surface area contributed by atoms with Crippen molar-refractivity contribution in [1.29, 1.82) is 0 Å². The molecule has 0 aromatic heterocycles. The summed E-state index contributed by atoms with van der Waals surface area (Å²) in [6.07, 6.45) is 1.35. The maximum atomic E-state index is 11.8. The molecule has 0 radical (unpaired) electrons. The lowest BCUT2D eigenvalue weighted by Crippen LogP contribution is -2.36. The van der Waals surface area contributed by atoms with E-state index in [1.165, 1.54) is 0 Å². The summed E-state index contributed by atoms with van der Waals surface area (Å²) < 4.78 is 10.6. The molecule has 2 rings (SSSR count). The highest BCUT2D eigenvalue weighted by Gasteiger charge is 2.06. The van der Waals surface area contributed by atoms with Crippen LogP contribution in [0.2, 0.25) is 0 Å². The number of rotatable bonds is 10. The number of nitrogens with zero attached hydrogens (tertiary/aromatic N) is 1. The summed E-state index contributed by atoms with van der Waals surface area (Å²) in [6, 6.07) is 13.6. The minimum atomic E-state index is 0. The third-order valence-corrected chi connectivity index (χ3v) is 4.36. The van der Waals surface area contributed by atoms with Crippen LogP contribution in [-0.2, 0) is 17.9 Å². The number of aliphatic imine (C=N–C) groups is 1. The average molecular weight is 540 g/mol. The third kappa shape index (κ3) is 9.04. The quantitative estimate of drug-likeness (QED) is 0.238. The molecule has 170 valence electrons. The first-order valence-electron chi connectivity index (χ1n) is 10.2. The number of benzene rings is 2. The van der Waals surface area contributed by atoms with E-state index in [0.29, 0.717) is 37.0 Å². The number of methoxy groups -OCH3 is 2. The Morgan fingerprint density at radius 3 is 2.42 bits per heavy atom. The van der Waals surface area contributed by atoms with E-state index in [1.54, 1.807) is 14.2 Å². The number of amides is 1. The second-order valence-corrected chi connectivity index (χ2v) is 6.74. The Labute approximate surface area is 202 Å². The molecule has 0 heterocycles. The molecule has 31 heavy (non-hydrogen) atoms.